The maximum atomic E-state index is 11.7. The minimum absolute atomic E-state index is 0.0226. The van der Waals surface area contributed by atoms with Gasteiger partial charge in [0.2, 0.25) is 0 Å². The van der Waals surface area contributed by atoms with Gasteiger partial charge in [-0.3, -0.25) is 14.9 Å². The van der Waals surface area contributed by atoms with Crippen molar-refractivity contribution in [3.63, 3.8) is 0 Å². The molecular formula is C14H16ClN2O6-. The van der Waals surface area contributed by atoms with Gasteiger partial charge in [0.15, 0.2) is 6.61 Å². The Morgan fingerprint density at radius 1 is 1.39 bits per heavy atom. The second kappa shape index (κ2) is 8.33. The maximum absolute atomic E-state index is 11.7. The fraction of sp³-hybridized carbons (Fsp3) is 0.429. The van der Waals surface area contributed by atoms with E-state index in [0.29, 0.717) is 0 Å². The monoisotopic (exact) mass is 343 g/mol. The summed E-state index contributed by atoms with van der Waals surface area (Å²) in [6, 6.07) is 2.43. The van der Waals surface area contributed by atoms with Gasteiger partial charge in [0.05, 0.1) is 22.0 Å². The lowest BCUT2D eigenvalue weighted by atomic mass is 10.0. The molecule has 1 amide bonds. The lowest BCUT2D eigenvalue weighted by Gasteiger charge is -2.21. The molecule has 0 aliphatic carbocycles. The number of carbonyl (C=O) groups is 2. The first-order valence-electron chi connectivity index (χ1n) is 6.77. The largest absolute Gasteiger partial charge is 0.548 e. The molecule has 0 aromatic heterocycles. The Kier molecular flexibility index (Phi) is 6.77. The molecule has 0 aliphatic rings. The zero-order valence-corrected chi connectivity index (χ0v) is 13.3. The van der Waals surface area contributed by atoms with E-state index < -0.39 is 29.4 Å². The zero-order chi connectivity index (χ0) is 17.6. The highest BCUT2D eigenvalue weighted by molar-refractivity contribution is 6.32. The van der Waals surface area contributed by atoms with E-state index in [0.717, 1.165) is 6.07 Å². The number of benzene rings is 1. The van der Waals surface area contributed by atoms with Crippen molar-refractivity contribution in [2.75, 3.05) is 6.61 Å². The van der Waals surface area contributed by atoms with Crippen LogP contribution in [0.15, 0.2) is 18.2 Å². The topological polar surface area (TPSA) is 122 Å². The first-order valence-corrected chi connectivity index (χ1v) is 7.15. The molecule has 8 nitrogen and oxygen atoms in total. The molecule has 0 fully saturated rings. The van der Waals surface area contributed by atoms with Gasteiger partial charge >= 0.3 is 0 Å². The standard InChI is InChI=1S/C14H17ClN2O6/c1-8(2)5-11(14(19)20)16-13(18)7-23-12-4-3-9(17(21)22)6-10(12)15/h3-4,6,8,11H,5,7H2,1-2H3,(H,16,18)(H,19,20)/p-1/t11-/m0/s1. The molecule has 0 aliphatic heterocycles. The molecule has 126 valence electrons. The van der Waals surface area contributed by atoms with Crippen LogP contribution in [-0.2, 0) is 9.59 Å². The van der Waals surface area contributed by atoms with Crippen LogP contribution in [-0.4, -0.2) is 29.4 Å². The van der Waals surface area contributed by atoms with Crippen LogP contribution in [0.25, 0.3) is 0 Å². The smallest absolute Gasteiger partial charge is 0.271 e. The minimum atomic E-state index is -1.37. The lowest BCUT2D eigenvalue weighted by molar-refractivity contribution is -0.384. The van der Waals surface area contributed by atoms with Gasteiger partial charge in [0.1, 0.15) is 5.75 Å². The predicted molar refractivity (Wildman–Crippen MR) is 80.0 cm³/mol. The minimum Gasteiger partial charge on any atom is -0.548 e. The second-order valence-corrected chi connectivity index (χ2v) is 5.64. The molecule has 9 heteroatoms. The average molecular weight is 344 g/mol. The van der Waals surface area contributed by atoms with Gasteiger partial charge in [0.25, 0.3) is 11.6 Å². The molecular weight excluding hydrogens is 328 g/mol. The number of nitrogens with zero attached hydrogens (tertiary/aromatic N) is 1. The molecule has 0 radical (unpaired) electrons. The van der Waals surface area contributed by atoms with Crippen molar-refractivity contribution < 1.29 is 24.4 Å². The van der Waals surface area contributed by atoms with E-state index in [1.54, 1.807) is 0 Å². The number of carboxylic acids is 1. The van der Waals surface area contributed by atoms with E-state index in [-0.39, 0.29) is 28.8 Å². The van der Waals surface area contributed by atoms with Crippen molar-refractivity contribution in [1.29, 1.82) is 0 Å². The molecule has 1 atom stereocenters. The summed E-state index contributed by atoms with van der Waals surface area (Å²) < 4.78 is 5.14. The van der Waals surface area contributed by atoms with Crippen molar-refractivity contribution in [1.82, 2.24) is 5.32 Å². The zero-order valence-electron chi connectivity index (χ0n) is 12.6. The molecule has 0 heterocycles. The van der Waals surface area contributed by atoms with Gasteiger partial charge in [0, 0.05) is 12.1 Å². The Labute approximate surface area is 137 Å². The number of nitrogens with one attached hydrogen (secondary N) is 1. The van der Waals surface area contributed by atoms with Gasteiger partial charge in [-0.15, -0.1) is 0 Å². The molecule has 1 N–H and O–H groups in total. The molecule has 1 aromatic rings. The summed E-state index contributed by atoms with van der Waals surface area (Å²) in [5, 5.41) is 23.8. The normalized spacial score (nSPS) is 11.8. The van der Waals surface area contributed by atoms with Crippen LogP contribution in [0.3, 0.4) is 0 Å². The van der Waals surface area contributed by atoms with Gasteiger partial charge in [-0.25, -0.2) is 0 Å². The third kappa shape index (κ3) is 6.11. The van der Waals surface area contributed by atoms with Crippen LogP contribution < -0.4 is 15.2 Å². The maximum Gasteiger partial charge on any atom is 0.271 e. The number of nitro groups is 1. The highest BCUT2D eigenvalue weighted by Gasteiger charge is 2.16. The number of aliphatic carboxylic acids is 1. The predicted octanol–water partition coefficient (Wildman–Crippen LogP) is 0.908. The number of non-ortho nitro benzene ring substituents is 1. The number of hydrogen-bond donors (Lipinski definition) is 1. The fourth-order valence-corrected chi connectivity index (χ4v) is 2.01. The van der Waals surface area contributed by atoms with Crippen molar-refractivity contribution in [3.8, 4) is 5.75 Å². The van der Waals surface area contributed by atoms with Gasteiger partial charge in [-0.2, -0.15) is 0 Å². The Bertz CT molecular complexity index is 605. The number of ether oxygens (including phenoxy) is 1. The second-order valence-electron chi connectivity index (χ2n) is 5.23. The fourth-order valence-electron chi connectivity index (χ4n) is 1.79. The first kappa shape index (κ1) is 18.7. The summed E-state index contributed by atoms with van der Waals surface area (Å²) in [6.07, 6.45) is 0.229. The van der Waals surface area contributed by atoms with E-state index in [2.05, 4.69) is 5.32 Å². The number of carbonyl (C=O) groups excluding carboxylic acids is 2. The summed E-state index contributed by atoms with van der Waals surface area (Å²) in [7, 11) is 0. The van der Waals surface area contributed by atoms with E-state index in [1.165, 1.54) is 12.1 Å². The van der Waals surface area contributed by atoms with E-state index >= 15 is 0 Å². The number of amides is 1. The molecule has 1 rings (SSSR count). The number of hydrogen-bond acceptors (Lipinski definition) is 6. The Morgan fingerprint density at radius 2 is 2.04 bits per heavy atom. The van der Waals surface area contributed by atoms with Gasteiger partial charge in [-0.1, -0.05) is 25.4 Å². The van der Waals surface area contributed by atoms with E-state index in [4.69, 9.17) is 16.3 Å². The van der Waals surface area contributed by atoms with Gasteiger partial charge in [-0.05, 0) is 18.4 Å². The van der Waals surface area contributed by atoms with Crippen LogP contribution in [0.5, 0.6) is 5.75 Å². The summed E-state index contributed by atoms with van der Waals surface area (Å²) in [4.78, 5) is 32.6. The average Bonchev–Trinajstić information content (AvgIpc) is 2.44. The number of nitro benzene ring substituents is 1. The Balaban J connectivity index is 2.62. The van der Waals surface area contributed by atoms with Crippen molar-refractivity contribution >= 4 is 29.2 Å². The van der Waals surface area contributed by atoms with Crippen molar-refractivity contribution in [2.45, 2.75) is 26.3 Å². The molecule has 0 spiro atoms. The number of carboxylic acid groups (broad SMARTS) is 1. The van der Waals surface area contributed by atoms with Crippen molar-refractivity contribution in [2.24, 2.45) is 5.92 Å². The van der Waals surface area contributed by atoms with Crippen LogP contribution in [0, 0.1) is 16.0 Å². The third-order valence-electron chi connectivity index (χ3n) is 2.81. The van der Waals surface area contributed by atoms with Crippen LogP contribution in [0.1, 0.15) is 20.3 Å². The van der Waals surface area contributed by atoms with Crippen LogP contribution in [0.4, 0.5) is 5.69 Å². The molecule has 23 heavy (non-hydrogen) atoms. The summed E-state index contributed by atoms with van der Waals surface area (Å²) in [5.74, 6) is -1.89. The Hall–Kier alpha value is -2.35. The van der Waals surface area contributed by atoms with Gasteiger partial charge < -0.3 is 20.0 Å². The third-order valence-corrected chi connectivity index (χ3v) is 3.11. The highest BCUT2D eigenvalue weighted by atomic mass is 35.5. The number of halogens is 1. The van der Waals surface area contributed by atoms with Crippen molar-refractivity contribution in [3.05, 3.63) is 33.3 Å². The molecule has 0 saturated heterocycles. The molecule has 1 aromatic carbocycles. The lowest BCUT2D eigenvalue weighted by Crippen LogP contribution is -2.49. The molecule has 0 saturated carbocycles. The SMILES string of the molecule is CC(C)C[C@H](NC(=O)COc1ccc([N+](=O)[O-])cc1Cl)C(=O)[O-]. The molecule has 0 bridgehead atoms. The quantitative estimate of drug-likeness (QED) is 0.553. The number of rotatable bonds is 8. The Morgan fingerprint density at radius 3 is 2.52 bits per heavy atom. The summed E-state index contributed by atoms with van der Waals surface area (Å²) in [6.45, 7) is 3.16. The summed E-state index contributed by atoms with van der Waals surface area (Å²) in [5.41, 5.74) is -0.208. The highest BCUT2D eigenvalue weighted by Crippen LogP contribution is 2.28. The van der Waals surface area contributed by atoms with E-state index in [1.807, 2.05) is 13.8 Å². The summed E-state index contributed by atoms with van der Waals surface area (Å²) >= 11 is 5.82. The van der Waals surface area contributed by atoms with Crippen LogP contribution >= 0.6 is 11.6 Å². The molecule has 0 unspecified atom stereocenters. The van der Waals surface area contributed by atoms with E-state index in [9.17, 15) is 24.8 Å². The first-order chi connectivity index (χ1) is 10.7. The van der Waals surface area contributed by atoms with Crippen LogP contribution in [0.2, 0.25) is 5.02 Å².